The molecule has 2 amide bonds. The summed E-state index contributed by atoms with van der Waals surface area (Å²) in [7, 11) is 1.60. The molecule has 2 aromatic carbocycles. The third kappa shape index (κ3) is 5.12. The molecule has 0 heterocycles. The van der Waals surface area contributed by atoms with Gasteiger partial charge in [0.2, 0.25) is 11.8 Å². The molecule has 2 N–H and O–H groups in total. The van der Waals surface area contributed by atoms with Crippen molar-refractivity contribution >= 4 is 17.5 Å². The van der Waals surface area contributed by atoms with Gasteiger partial charge in [-0.15, -0.1) is 0 Å². The third-order valence-corrected chi connectivity index (χ3v) is 3.64. The van der Waals surface area contributed by atoms with Gasteiger partial charge in [0.25, 0.3) is 0 Å². The molecule has 0 unspecified atom stereocenters. The van der Waals surface area contributed by atoms with Crippen LogP contribution in [0.25, 0.3) is 0 Å². The van der Waals surface area contributed by atoms with Crippen LogP contribution in [0, 0.1) is 13.8 Å². The van der Waals surface area contributed by atoms with Gasteiger partial charge >= 0.3 is 0 Å². The minimum Gasteiger partial charge on any atom is -0.497 e. The Morgan fingerprint density at radius 1 is 1.00 bits per heavy atom. The molecule has 0 aliphatic heterocycles. The first-order valence-corrected chi connectivity index (χ1v) is 7.74. The second kappa shape index (κ2) is 8.15. The van der Waals surface area contributed by atoms with Gasteiger partial charge in [-0.3, -0.25) is 9.59 Å². The van der Waals surface area contributed by atoms with Crippen molar-refractivity contribution in [3.05, 3.63) is 59.2 Å². The van der Waals surface area contributed by atoms with E-state index in [0.29, 0.717) is 6.54 Å². The van der Waals surface area contributed by atoms with E-state index in [1.54, 1.807) is 7.11 Å². The van der Waals surface area contributed by atoms with Crippen LogP contribution in [0.4, 0.5) is 5.69 Å². The molecule has 0 aliphatic carbocycles. The second-order valence-electron chi connectivity index (χ2n) is 5.67. The highest BCUT2D eigenvalue weighted by Gasteiger charge is 2.10. The van der Waals surface area contributed by atoms with Crippen LogP contribution < -0.4 is 15.4 Å². The molecule has 0 radical (unpaired) electrons. The maximum atomic E-state index is 12.0. The summed E-state index contributed by atoms with van der Waals surface area (Å²) in [5.74, 6) is 0.127. The number of hydrogen-bond acceptors (Lipinski definition) is 3. The number of rotatable bonds is 6. The molecular weight excluding hydrogens is 304 g/mol. The average molecular weight is 326 g/mol. The number of carbonyl (C=O) groups is 2. The SMILES string of the molecule is COc1ccc(CNC(=O)CC(=O)Nc2cc(C)ccc2C)cc1. The maximum Gasteiger partial charge on any atom is 0.233 e. The van der Waals surface area contributed by atoms with Crippen LogP contribution in [0.15, 0.2) is 42.5 Å². The average Bonchev–Trinajstić information content (AvgIpc) is 2.56. The van der Waals surface area contributed by atoms with Gasteiger partial charge < -0.3 is 15.4 Å². The third-order valence-electron chi connectivity index (χ3n) is 3.64. The molecular formula is C19H22N2O3. The number of hydrogen-bond donors (Lipinski definition) is 2. The van der Waals surface area contributed by atoms with Gasteiger partial charge in [-0.1, -0.05) is 24.3 Å². The summed E-state index contributed by atoms with van der Waals surface area (Å²) in [6.45, 7) is 4.25. The number of amides is 2. The first-order chi connectivity index (χ1) is 11.5. The molecule has 2 aromatic rings. The van der Waals surface area contributed by atoms with Crippen LogP contribution in [0.3, 0.4) is 0 Å². The second-order valence-corrected chi connectivity index (χ2v) is 5.67. The summed E-state index contributed by atoms with van der Waals surface area (Å²) in [5.41, 5.74) is 3.70. The summed E-state index contributed by atoms with van der Waals surface area (Å²) in [6, 6.07) is 13.2. The van der Waals surface area contributed by atoms with Crippen LogP contribution in [0.5, 0.6) is 5.75 Å². The van der Waals surface area contributed by atoms with Crippen LogP contribution in [-0.4, -0.2) is 18.9 Å². The fourth-order valence-corrected chi connectivity index (χ4v) is 2.22. The van der Waals surface area contributed by atoms with E-state index in [1.165, 1.54) is 0 Å². The highest BCUT2D eigenvalue weighted by atomic mass is 16.5. The van der Waals surface area contributed by atoms with Crippen molar-refractivity contribution in [3.8, 4) is 5.75 Å². The smallest absolute Gasteiger partial charge is 0.233 e. The Kier molecular flexibility index (Phi) is 5.95. The number of ether oxygens (including phenoxy) is 1. The van der Waals surface area contributed by atoms with Gasteiger partial charge in [0.15, 0.2) is 0 Å². The largest absolute Gasteiger partial charge is 0.497 e. The monoisotopic (exact) mass is 326 g/mol. The lowest BCUT2D eigenvalue weighted by atomic mass is 10.1. The molecule has 0 bridgehead atoms. The van der Waals surface area contributed by atoms with Gasteiger partial charge in [-0.2, -0.15) is 0 Å². The molecule has 0 aliphatic rings. The van der Waals surface area contributed by atoms with E-state index in [2.05, 4.69) is 10.6 Å². The van der Waals surface area contributed by atoms with Gasteiger partial charge in [0, 0.05) is 12.2 Å². The zero-order chi connectivity index (χ0) is 17.5. The van der Waals surface area contributed by atoms with E-state index >= 15 is 0 Å². The summed E-state index contributed by atoms with van der Waals surface area (Å²) in [6.07, 6.45) is -0.205. The summed E-state index contributed by atoms with van der Waals surface area (Å²) < 4.78 is 5.08. The lowest BCUT2D eigenvalue weighted by molar-refractivity contribution is -0.126. The van der Waals surface area contributed by atoms with Crippen LogP contribution in [-0.2, 0) is 16.1 Å². The molecule has 2 rings (SSSR count). The Balaban J connectivity index is 1.82. The Hall–Kier alpha value is -2.82. The number of anilines is 1. The minimum atomic E-state index is -0.323. The van der Waals surface area contributed by atoms with Crippen molar-refractivity contribution in [2.45, 2.75) is 26.8 Å². The Labute approximate surface area is 142 Å². The van der Waals surface area contributed by atoms with E-state index in [9.17, 15) is 9.59 Å². The van der Waals surface area contributed by atoms with Crippen LogP contribution in [0.2, 0.25) is 0 Å². The molecule has 0 saturated heterocycles. The number of nitrogens with one attached hydrogen (secondary N) is 2. The molecule has 0 atom stereocenters. The zero-order valence-electron chi connectivity index (χ0n) is 14.2. The van der Waals surface area contributed by atoms with E-state index < -0.39 is 0 Å². The van der Waals surface area contributed by atoms with Crippen molar-refractivity contribution in [2.75, 3.05) is 12.4 Å². The van der Waals surface area contributed by atoms with Crippen molar-refractivity contribution in [1.29, 1.82) is 0 Å². The highest BCUT2D eigenvalue weighted by Crippen LogP contribution is 2.16. The summed E-state index contributed by atoms with van der Waals surface area (Å²) in [5, 5.41) is 5.52. The van der Waals surface area contributed by atoms with Gasteiger partial charge in [-0.25, -0.2) is 0 Å². The predicted octanol–water partition coefficient (Wildman–Crippen LogP) is 2.96. The number of carbonyl (C=O) groups excluding carboxylic acids is 2. The topological polar surface area (TPSA) is 67.4 Å². The normalized spacial score (nSPS) is 10.1. The maximum absolute atomic E-state index is 12.0. The molecule has 0 spiro atoms. The molecule has 0 aromatic heterocycles. The summed E-state index contributed by atoms with van der Waals surface area (Å²) >= 11 is 0. The minimum absolute atomic E-state index is 0.205. The molecule has 126 valence electrons. The first-order valence-electron chi connectivity index (χ1n) is 7.74. The number of benzene rings is 2. The quantitative estimate of drug-likeness (QED) is 0.802. The Bertz CT molecular complexity index is 724. The Morgan fingerprint density at radius 2 is 1.71 bits per heavy atom. The lowest BCUT2D eigenvalue weighted by Crippen LogP contribution is -2.27. The molecule has 0 fully saturated rings. The van der Waals surface area contributed by atoms with E-state index in [0.717, 1.165) is 28.1 Å². The highest BCUT2D eigenvalue weighted by molar-refractivity contribution is 6.03. The number of methoxy groups -OCH3 is 1. The fraction of sp³-hybridized carbons (Fsp3) is 0.263. The zero-order valence-corrected chi connectivity index (χ0v) is 14.2. The standard InChI is InChI=1S/C19H22N2O3/c1-13-4-5-14(2)17(10-13)21-19(23)11-18(22)20-12-15-6-8-16(24-3)9-7-15/h4-10H,11-12H2,1-3H3,(H,20,22)(H,21,23). The van der Waals surface area contributed by atoms with Gasteiger partial charge in [0.1, 0.15) is 12.2 Å². The molecule has 0 saturated carbocycles. The van der Waals surface area contributed by atoms with E-state index in [4.69, 9.17) is 4.74 Å². The predicted molar refractivity (Wildman–Crippen MR) is 94.0 cm³/mol. The van der Waals surface area contributed by atoms with Gasteiger partial charge in [-0.05, 0) is 48.7 Å². The number of aryl methyl sites for hydroxylation is 2. The summed E-state index contributed by atoms with van der Waals surface area (Å²) in [4.78, 5) is 23.9. The fourth-order valence-electron chi connectivity index (χ4n) is 2.22. The Morgan fingerprint density at radius 3 is 2.38 bits per heavy atom. The first kappa shape index (κ1) is 17.5. The van der Waals surface area contributed by atoms with Crippen LogP contribution >= 0.6 is 0 Å². The molecule has 24 heavy (non-hydrogen) atoms. The van der Waals surface area contributed by atoms with E-state index in [1.807, 2.05) is 56.3 Å². The van der Waals surface area contributed by atoms with Gasteiger partial charge in [0.05, 0.1) is 7.11 Å². The van der Waals surface area contributed by atoms with Crippen molar-refractivity contribution in [2.24, 2.45) is 0 Å². The van der Waals surface area contributed by atoms with Crippen molar-refractivity contribution in [3.63, 3.8) is 0 Å². The van der Waals surface area contributed by atoms with Crippen molar-refractivity contribution in [1.82, 2.24) is 5.32 Å². The van der Waals surface area contributed by atoms with E-state index in [-0.39, 0.29) is 18.2 Å². The van der Waals surface area contributed by atoms with Crippen LogP contribution in [0.1, 0.15) is 23.1 Å². The molecule has 5 heteroatoms. The molecule has 5 nitrogen and oxygen atoms in total. The van der Waals surface area contributed by atoms with Crippen molar-refractivity contribution < 1.29 is 14.3 Å². The lowest BCUT2D eigenvalue weighted by Gasteiger charge is -2.10.